The number of benzene rings is 1. The summed E-state index contributed by atoms with van der Waals surface area (Å²) in [5.41, 5.74) is -1.87. The molecule has 11 heteroatoms. The lowest BCUT2D eigenvalue weighted by atomic mass is 9.75. The number of hydrogen-bond donors (Lipinski definition) is 5. The lowest BCUT2D eigenvalue weighted by Crippen LogP contribution is -2.70. The van der Waals surface area contributed by atoms with Gasteiger partial charge in [-0.05, 0) is 0 Å². The van der Waals surface area contributed by atoms with Crippen LogP contribution in [-0.2, 0) is 9.92 Å². The number of aromatic nitrogens is 2. The summed E-state index contributed by atoms with van der Waals surface area (Å²) < 4.78 is 5.97. The van der Waals surface area contributed by atoms with E-state index in [1.807, 2.05) is 4.98 Å². The van der Waals surface area contributed by atoms with Gasteiger partial charge in [-0.3, -0.25) is 19.1 Å². The Bertz CT molecular complexity index is 1010. The lowest BCUT2D eigenvalue weighted by Gasteiger charge is -2.41. The number of H-pyrrole nitrogens is 1. The molecule has 1 aliphatic heterocycles. The Hall–Kier alpha value is -2.34. The van der Waals surface area contributed by atoms with Crippen LogP contribution >= 0.6 is 11.6 Å². The molecule has 0 amide bonds. The molecule has 0 spiro atoms. The Morgan fingerprint density at radius 2 is 1.89 bits per heavy atom. The van der Waals surface area contributed by atoms with Crippen molar-refractivity contribution in [3.8, 4) is 0 Å². The quantitative estimate of drug-likeness (QED) is 0.280. The van der Waals surface area contributed by atoms with Gasteiger partial charge in [0.25, 0.3) is 10.7 Å². The highest BCUT2D eigenvalue weighted by Crippen LogP contribution is 2.52. The van der Waals surface area contributed by atoms with Gasteiger partial charge in [0.15, 0.2) is 0 Å². The number of nitrogens with zero attached hydrogens (tertiary/aromatic N) is 1. The van der Waals surface area contributed by atoms with Crippen LogP contribution in [0.2, 0.25) is 0 Å². The Morgan fingerprint density at radius 1 is 1.25 bits per heavy atom. The van der Waals surface area contributed by atoms with Crippen LogP contribution in [0.3, 0.4) is 0 Å². The SMILES string of the molecule is NC[C@@]1(O)[C@@H](CO)O[C@@](Cl)(n2ccc(=O)[nH]c2=O)[C@@]1(O)C(=O)c1ccccc1. The van der Waals surface area contributed by atoms with Gasteiger partial charge >= 0.3 is 5.69 Å². The number of carbonyl (C=O) groups excluding carboxylic acids is 1. The number of alkyl halides is 1. The molecule has 0 unspecified atom stereocenters. The summed E-state index contributed by atoms with van der Waals surface area (Å²) in [4.78, 5) is 38.9. The van der Waals surface area contributed by atoms with Gasteiger partial charge in [-0.2, -0.15) is 0 Å². The van der Waals surface area contributed by atoms with Crippen molar-refractivity contribution in [1.29, 1.82) is 0 Å². The Labute approximate surface area is 162 Å². The minimum atomic E-state index is -3.01. The molecule has 2 aromatic rings. The molecule has 1 aromatic carbocycles. The number of nitrogens with two attached hydrogens (primary N) is 1. The van der Waals surface area contributed by atoms with Crippen molar-refractivity contribution in [2.24, 2.45) is 5.73 Å². The normalized spacial score (nSPS) is 32.4. The van der Waals surface area contributed by atoms with E-state index in [9.17, 15) is 29.7 Å². The topological polar surface area (TPSA) is 168 Å². The zero-order chi connectivity index (χ0) is 20.7. The predicted molar refractivity (Wildman–Crippen MR) is 96.8 cm³/mol. The molecular weight excluding hydrogens is 394 g/mol. The molecule has 0 saturated carbocycles. The maximum atomic E-state index is 13.3. The van der Waals surface area contributed by atoms with Gasteiger partial charge in [-0.15, -0.1) is 0 Å². The molecule has 10 nitrogen and oxygen atoms in total. The summed E-state index contributed by atoms with van der Waals surface area (Å²) in [7, 11) is 0. The van der Waals surface area contributed by atoms with Crippen molar-refractivity contribution in [1.82, 2.24) is 9.55 Å². The molecule has 1 aromatic heterocycles. The number of aliphatic hydroxyl groups excluding tert-OH is 1. The third-order valence-corrected chi connectivity index (χ3v) is 5.42. The second-order valence-electron chi connectivity index (χ2n) is 6.36. The van der Waals surface area contributed by atoms with Gasteiger partial charge in [-0.25, -0.2) is 4.79 Å². The van der Waals surface area contributed by atoms with Gasteiger partial charge in [0, 0.05) is 24.4 Å². The second kappa shape index (κ2) is 6.92. The van der Waals surface area contributed by atoms with E-state index in [2.05, 4.69) is 0 Å². The number of halogens is 1. The monoisotopic (exact) mass is 411 g/mol. The van der Waals surface area contributed by atoms with Crippen LogP contribution in [0.15, 0.2) is 52.2 Å². The van der Waals surface area contributed by atoms with Crippen LogP contribution in [0.1, 0.15) is 10.4 Å². The molecule has 150 valence electrons. The highest BCUT2D eigenvalue weighted by atomic mass is 35.5. The van der Waals surface area contributed by atoms with Crippen molar-refractivity contribution < 1.29 is 24.9 Å². The molecule has 0 radical (unpaired) electrons. The van der Waals surface area contributed by atoms with Crippen molar-refractivity contribution in [2.75, 3.05) is 13.2 Å². The molecule has 28 heavy (non-hydrogen) atoms. The van der Waals surface area contributed by atoms with Gasteiger partial charge in [0.2, 0.25) is 11.4 Å². The molecule has 3 rings (SSSR count). The minimum Gasteiger partial charge on any atom is -0.394 e. The minimum absolute atomic E-state index is 0.0541. The molecule has 1 saturated heterocycles. The van der Waals surface area contributed by atoms with Gasteiger partial charge in [0.1, 0.15) is 11.7 Å². The zero-order valence-electron chi connectivity index (χ0n) is 14.4. The average Bonchev–Trinajstić information content (AvgIpc) is 2.87. The van der Waals surface area contributed by atoms with Gasteiger partial charge in [-0.1, -0.05) is 41.9 Å². The summed E-state index contributed by atoms with van der Waals surface area (Å²) in [6.07, 6.45) is -0.722. The zero-order valence-corrected chi connectivity index (χ0v) is 15.2. The first kappa shape index (κ1) is 20.4. The predicted octanol–water partition coefficient (Wildman–Crippen LogP) is -1.92. The number of ketones is 1. The fourth-order valence-corrected chi connectivity index (χ4v) is 3.84. The Morgan fingerprint density at radius 3 is 2.43 bits per heavy atom. The fraction of sp³-hybridized carbons (Fsp3) is 0.353. The Balaban J connectivity index is 2.33. The molecule has 2 heterocycles. The van der Waals surface area contributed by atoms with Crippen molar-refractivity contribution in [3.63, 3.8) is 0 Å². The summed E-state index contributed by atoms with van der Waals surface area (Å²) in [5, 5.41) is 29.5. The smallest absolute Gasteiger partial charge is 0.331 e. The number of aromatic amines is 1. The third kappa shape index (κ3) is 2.58. The van der Waals surface area contributed by atoms with E-state index in [1.165, 1.54) is 24.3 Å². The number of nitrogens with one attached hydrogen (secondary N) is 1. The highest BCUT2D eigenvalue weighted by Gasteiger charge is 2.77. The molecule has 6 N–H and O–H groups in total. The van der Waals surface area contributed by atoms with Crippen LogP contribution in [0, 0.1) is 0 Å². The van der Waals surface area contributed by atoms with E-state index in [0.29, 0.717) is 4.57 Å². The maximum absolute atomic E-state index is 13.3. The molecule has 0 aliphatic carbocycles. The average molecular weight is 412 g/mol. The van der Waals surface area contributed by atoms with Gasteiger partial charge in [0.05, 0.1) is 6.61 Å². The number of rotatable bonds is 5. The maximum Gasteiger partial charge on any atom is 0.331 e. The van der Waals surface area contributed by atoms with Crippen LogP contribution in [0.5, 0.6) is 0 Å². The summed E-state index contributed by atoms with van der Waals surface area (Å²) in [6.45, 7) is -1.61. The Kier molecular flexibility index (Phi) is 5.04. The van der Waals surface area contributed by atoms with Crippen molar-refractivity contribution in [3.05, 3.63) is 69.0 Å². The van der Waals surface area contributed by atoms with Crippen LogP contribution in [0.25, 0.3) is 0 Å². The molecule has 0 bridgehead atoms. The van der Waals surface area contributed by atoms with Crippen LogP contribution in [-0.4, -0.2) is 61.1 Å². The first-order chi connectivity index (χ1) is 13.2. The van der Waals surface area contributed by atoms with Crippen molar-refractivity contribution in [2.45, 2.75) is 22.5 Å². The molecule has 1 aliphatic rings. The second-order valence-corrected chi connectivity index (χ2v) is 6.88. The highest BCUT2D eigenvalue weighted by molar-refractivity contribution is 6.25. The number of hydrogen-bond acceptors (Lipinski definition) is 8. The standard InChI is InChI=1S/C17H18ClN3O7/c18-17(21-7-6-12(23)20-14(21)25)16(27,13(24)10-4-2-1-3-5-10)15(26,9-19)11(8-22)28-17/h1-7,11,22,26-27H,8-9,19H2,(H,20,23,25)/t11-,15-,16-,17+/m1/s1. The number of Topliss-reactive ketones (excluding diaryl/α,β-unsaturated/α-hetero) is 1. The fourth-order valence-electron chi connectivity index (χ4n) is 3.35. The van der Waals surface area contributed by atoms with E-state index >= 15 is 0 Å². The molecular formula is C17H18ClN3O7. The lowest BCUT2D eigenvalue weighted by molar-refractivity contribution is -0.136. The largest absolute Gasteiger partial charge is 0.394 e. The third-order valence-electron chi connectivity index (χ3n) is 4.88. The first-order valence-electron chi connectivity index (χ1n) is 8.20. The number of carbonyl (C=O) groups is 1. The summed E-state index contributed by atoms with van der Waals surface area (Å²) in [5.74, 6) is -1.09. The summed E-state index contributed by atoms with van der Waals surface area (Å²) >= 11 is 6.46. The van der Waals surface area contributed by atoms with Gasteiger partial charge < -0.3 is 25.8 Å². The van der Waals surface area contributed by atoms with E-state index in [4.69, 9.17) is 22.1 Å². The van der Waals surface area contributed by atoms with E-state index in [-0.39, 0.29) is 5.56 Å². The van der Waals surface area contributed by atoms with E-state index in [0.717, 1.165) is 12.3 Å². The van der Waals surface area contributed by atoms with Crippen LogP contribution in [0.4, 0.5) is 0 Å². The number of ether oxygens (including phenoxy) is 1. The van der Waals surface area contributed by atoms with Crippen molar-refractivity contribution >= 4 is 17.4 Å². The first-order valence-corrected chi connectivity index (χ1v) is 8.58. The van der Waals surface area contributed by atoms with E-state index < -0.39 is 52.7 Å². The molecule has 4 atom stereocenters. The summed E-state index contributed by atoms with van der Waals surface area (Å²) in [6, 6.07) is 8.28. The number of aliphatic hydroxyl groups is 3. The molecule has 1 fully saturated rings. The van der Waals surface area contributed by atoms with Crippen LogP contribution < -0.4 is 17.0 Å². The van der Waals surface area contributed by atoms with E-state index in [1.54, 1.807) is 6.07 Å².